The minimum absolute atomic E-state index is 0.0204. The van der Waals surface area contributed by atoms with Gasteiger partial charge < -0.3 is 5.32 Å². The van der Waals surface area contributed by atoms with Crippen LogP contribution in [0.1, 0.15) is 22.0 Å². The van der Waals surface area contributed by atoms with Crippen LogP contribution >= 0.6 is 15.9 Å². The molecule has 0 spiro atoms. The molecule has 1 heterocycles. The second-order valence-corrected chi connectivity index (χ2v) is 8.86. The highest BCUT2D eigenvalue weighted by atomic mass is 79.9. The summed E-state index contributed by atoms with van der Waals surface area (Å²) >= 11 is 0.730. The smallest absolute Gasteiger partial charge is 0.266 e. The molecule has 174 valence electrons. The summed E-state index contributed by atoms with van der Waals surface area (Å²) in [5.41, 5.74) is 1.58. The Balaban J connectivity index is 1.78. The zero-order valence-corrected chi connectivity index (χ0v) is 19.8. The zero-order chi connectivity index (χ0) is 24.2. The predicted molar refractivity (Wildman–Crippen MR) is 129 cm³/mol. The standard InChI is InChI=1S/C23H17BrF2N4O3S/c24-15-6-9-17(23(31)29-19(13-25)14-4-7-16(26)8-5-14)21(12-15)30(34(32)33)20-3-1-2-18-22(20)28-11-10-27-18/h1-12,19H,13H2,(H,29,31)(H,32,33). The summed E-state index contributed by atoms with van der Waals surface area (Å²) in [5, 5.41) is 2.57. The number of nitrogens with zero attached hydrogens (tertiary/aromatic N) is 3. The van der Waals surface area contributed by atoms with Crippen molar-refractivity contribution in [3.63, 3.8) is 0 Å². The maximum Gasteiger partial charge on any atom is 0.266 e. The number of aromatic nitrogens is 2. The largest absolute Gasteiger partial charge is 0.343 e. The lowest BCUT2D eigenvalue weighted by Crippen LogP contribution is -2.32. The highest BCUT2D eigenvalue weighted by molar-refractivity contribution is 9.10. The molecule has 0 fully saturated rings. The second kappa shape index (κ2) is 10.3. The average molecular weight is 547 g/mol. The third kappa shape index (κ3) is 4.96. The number of hydrogen-bond donors (Lipinski definition) is 2. The first-order valence-electron chi connectivity index (χ1n) is 9.91. The van der Waals surface area contributed by atoms with Crippen molar-refractivity contribution in [2.75, 3.05) is 11.0 Å². The molecule has 2 atom stereocenters. The van der Waals surface area contributed by atoms with E-state index in [0.29, 0.717) is 21.1 Å². The van der Waals surface area contributed by atoms with Crippen LogP contribution < -0.4 is 9.62 Å². The molecule has 4 rings (SSSR count). The number of hydrogen-bond acceptors (Lipinski definition) is 4. The van der Waals surface area contributed by atoms with Crippen LogP contribution in [0.2, 0.25) is 0 Å². The SMILES string of the molecule is O=C(NC(CF)c1ccc(F)cc1)c1ccc(Br)cc1N(c1cccc2nccnc12)S(=O)O. The highest BCUT2D eigenvalue weighted by Crippen LogP contribution is 2.35. The number of rotatable bonds is 7. The summed E-state index contributed by atoms with van der Waals surface area (Å²) in [6.07, 6.45) is 2.95. The van der Waals surface area contributed by atoms with E-state index in [4.69, 9.17) is 0 Å². The van der Waals surface area contributed by atoms with E-state index < -0.39 is 35.7 Å². The van der Waals surface area contributed by atoms with E-state index in [1.165, 1.54) is 48.8 Å². The number of fused-ring (bicyclic) bond motifs is 1. The van der Waals surface area contributed by atoms with Gasteiger partial charge in [-0.1, -0.05) is 34.1 Å². The normalized spacial score (nSPS) is 12.8. The fraction of sp³-hybridized carbons (Fsp3) is 0.0870. The fourth-order valence-electron chi connectivity index (χ4n) is 3.45. The Morgan fingerprint density at radius 3 is 2.53 bits per heavy atom. The summed E-state index contributed by atoms with van der Waals surface area (Å²) in [5.74, 6) is -1.17. The van der Waals surface area contributed by atoms with Gasteiger partial charge in [0.15, 0.2) is 0 Å². The monoisotopic (exact) mass is 546 g/mol. The van der Waals surface area contributed by atoms with Crippen molar-refractivity contribution in [2.24, 2.45) is 0 Å². The quantitative estimate of drug-likeness (QED) is 0.309. The molecule has 0 saturated heterocycles. The van der Waals surface area contributed by atoms with Crippen molar-refractivity contribution in [3.05, 3.63) is 94.5 Å². The van der Waals surface area contributed by atoms with Gasteiger partial charge in [0.1, 0.15) is 18.0 Å². The minimum Gasteiger partial charge on any atom is -0.343 e. The third-order valence-corrected chi connectivity index (χ3v) is 6.21. The molecule has 4 aromatic rings. The maximum absolute atomic E-state index is 13.8. The first-order valence-corrected chi connectivity index (χ1v) is 11.8. The molecule has 0 radical (unpaired) electrons. The van der Waals surface area contributed by atoms with Gasteiger partial charge in [0.05, 0.1) is 28.5 Å². The zero-order valence-electron chi connectivity index (χ0n) is 17.4. The van der Waals surface area contributed by atoms with Gasteiger partial charge in [-0.15, -0.1) is 0 Å². The summed E-state index contributed by atoms with van der Waals surface area (Å²) in [7, 11) is 0. The van der Waals surface area contributed by atoms with E-state index in [2.05, 4.69) is 31.2 Å². The first-order chi connectivity index (χ1) is 16.4. The predicted octanol–water partition coefficient (Wildman–Crippen LogP) is 5.25. The van der Waals surface area contributed by atoms with Gasteiger partial charge >= 0.3 is 0 Å². The van der Waals surface area contributed by atoms with E-state index in [0.717, 1.165) is 4.31 Å². The molecule has 1 amide bonds. The van der Waals surface area contributed by atoms with Gasteiger partial charge in [0.25, 0.3) is 17.2 Å². The molecule has 34 heavy (non-hydrogen) atoms. The van der Waals surface area contributed by atoms with Crippen LogP contribution in [0.3, 0.4) is 0 Å². The average Bonchev–Trinajstić information content (AvgIpc) is 2.83. The van der Waals surface area contributed by atoms with E-state index in [9.17, 15) is 22.3 Å². The van der Waals surface area contributed by atoms with Crippen molar-refractivity contribution in [3.8, 4) is 0 Å². The third-order valence-electron chi connectivity index (χ3n) is 5.01. The Kier molecular flexibility index (Phi) is 7.25. The Morgan fingerprint density at radius 1 is 1.09 bits per heavy atom. The highest BCUT2D eigenvalue weighted by Gasteiger charge is 2.26. The van der Waals surface area contributed by atoms with Crippen LogP contribution in [-0.2, 0) is 11.3 Å². The molecule has 7 nitrogen and oxygen atoms in total. The molecule has 2 N–H and O–H groups in total. The number of amides is 1. The summed E-state index contributed by atoms with van der Waals surface area (Å²) in [6, 6.07) is 13.5. The summed E-state index contributed by atoms with van der Waals surface area (Å²) in [6.45, 7) is -0.933. The van der Waals surface area contributed by atoms with Gasteiger partial charge in [-0.05, 0) is 48.0 Å². The van der Waals surface area contributed by atoms with Crippen LogP contribution in [0, 0.1) is 5.82 Å². The van der Waals surface area contributed by atoms with E-state index >= 15 is 0 Å². The lowest BCUT2D eigenvalue weighted by Gasteiger charge is -2.24. The minimum atomic E-state index is -2.60. The first kappa shape index (κ1) is 23.9. The topological polar surface area (TPSA) is 95.4 Å². The number of alkyl halides is 1. The van der Waals surface area contributed by atoms with Gasteiger partial charge in [0.2, 0.25) is 0 Å². The van der Waals surface area contributed by atoms with Crippen molar-refractivity contribution < 1.29 is 22.3 Å². The fourth-order valence-corrected chi connectivity index (χ4v) is 4.43. The van der Waals surface area contributed by atoms with E-state index in [1.54, 1.807) is 24.3 Å². The molecular formula is C23H17BrF2N4O3S. The summed E-state index contributed by atoms with van der Waals surface area (Å²) in [4.78, 5) is 21.7. The Morgan fingerprint density at radius 2 is 1.82 bits per heavy atom. The van der Waals surface area contributed by atoms with Gasteiger partial charge in [-0.3, -0.25) is 19.3 Å². The van der Waals surface area contributed by atoms with Gasteiger partial charge in [-0.25, -0.2) is 17.3 Å². The van der Waals surface area contributed by atoms with Crippen molar-refractivity contribution in [1.82, 2.24) is 15.3 Å². The number of para-hydroxylation sites is 1. The molecule has 0 saturated carbocycles. The van der Waals surface area contributed by atoms with Crippen molar-refractivity contribution in [2.45, 2.75) is 6.04 Å². The number of halogens is 3. The van der Waals surface area contributed by atoms with Gasteiger partial charge in [-0.2, -0.15) is 0 Å². The van der Waals surface area contributed by atoms with Crippen LogP contribution in [0.5, 0.6) is 0 Å². The van der Waals surface area contributed by atoms with Crippen molar-refractivity contribution in [1.29, 1.82) is 0 Å². The number of benzene rings is 3. The van der Waals surface area contributed by atoms with Gasteiger partial charge in [0, 0.05) is 16.9 Å². The summed E-state index contributed by atoms with van der Waals surface area (Å²) < 4.78 is 51.3. The number of carbonyl (C=O) groups is 1. The number of anilines is 2. The van der Waals surface area contributed by atoms with Crippen LogP contribution in [0.4, 0.5) is 20.2 Å². The molecule has 0 aliphatic carbocycles. The molecule has 0 bridgehead atoms. The van der Waals surface area contributed by atoms with Crippen LogP contribution in [0.25, 0.3) is 11.0 Å². The number of nitrogens with one attached hydrogen (secondary N) is 1. The van der Waals surface area contributed by atoms with Crippen LogP contribution in [0.15, 0.2) is 77.5 Å². The van der Waals surface area contributed by atoms with E-state index in [1.807, 2.05) is 0 Å². The molecule has 0 aliphatic heterocycles. The van der Waals surface area contributed by atoms with E-state index in [-0.39, 0.29) is 16.9 Å². The Hall–Kier alpha value is -3.28. The maximum atomic E-state index is 13.8. The molecule has 11 heteroatoms. The van der Waals surface area contributed by atoms with Crippen LogP contribution in [-0.4, -0.2) is 31.3 Å². The lowest BCUT2D eigenvalue weighted by atomic mass is 10.1. The molecule has 1 aromatic heterocycles. The second-order valence-electron chi connectivity index (χ2n) is 7.12. The van der Waals surface area contributed by atoms with Crippen molar-refractivity contribution >= 4 is 55.5 Å². The molecule has 0 aliphatic rings. The number of carbonyl (C=O) groups excluding carboxylic acids is 1. The molecule has 3 aromatic carbocycles. The molecular weight excluding hydrogens is 530 g/mol. The Bertz CT molecular complexity index is 1370. The molecule has 2 unspecified atom stereocenters. The Labute approximate surface area is 204 Å². The lowest BCUT2D eigenvalue weighted by molar-refractivity contribution is 0.0930.